The van der Waals surface area contributed by atoms with Gasteiger partial charge in [0.15, 0.2) is 0 Å². The summed E-state index contributed by atoms with van der Waals surface area (Å²) in [6.45, 7) is 4.15. The van der Waals surface area contributed by atoms with Gasteiger partial charge in [0.25, 0.3) is 0 Å². The fraction of sp³-hybridized carbons (Fsp3) is 0.0952. The Hall–Kier alpha value is -2.87. The van der Waals surface area contributed by atoms with Crippen LogP contribution in [0.15, 0.2) is 66.7 Å². The lowest BCUT2D eigenvalue weighted by atomic mass is 10.0. The summed E-state index contributed by atoms with van der Waals surface area (Å²) in [4.78, 5) is 4.78. The summed E-state index contributed by atoms with van der Waals surface area (Å²) in [5.41, 5.74) is 5.52. The van der Waals surface area contributed by atoms with Crippen LogP contribution in [0.3, 0.4) is 0 Å². The van der Waals surface area contributed by atoms with E-state index < -0.39 is 0 Å². The monoisotopic (exact) mass is 298 g/mol. The van der Waals surface area contributed by atoms with Gasteiger partial charge in [-0.05, 0) is 43.0 Å². The van der Waals surface area contributed by atoms with E-state index in [4.69, 9.17) is 4.98 Å². The first-order valence-electron chi connectivity index (χ1n) is 7.83. The Balaban J connectivity index is 1.94. The highest BCUT2D eigenvalue weighted by Gasteiger charge is 2.08. The largest absolute Gasteiger partial charge is 0.355 e. The predicted octanol–water partition coefficient (Wildman–Crippen LogP) is 5.75. The van der Waals surface area contributed by atoms with Crippen molar-refractivity contribution in [3.05, 3.63) is 78.0 Å². The molecular weight excluding hydrogens is 280 g/mol. The summed E-state index contributed by atoms with van der Waals surface area (Å²) < 4.78 is 0. The first-order valence-corrected chi connectivity index (χ1v) is 7.83. The van der Waals surface area contributed by atoms with Gasteiger partial charge >= 0.3 is 0 Å². The van der Waals surface area contributed by atoms with Gasteiger partial charge in [-0.15, -0.1) is 0 Å². The zero-order valence-electron chi connectivity index (χ0n) is 13.3. The van der Waals surface area contributed by atoms with Crippen LogP contribution in [0.25, 0.3) is 21.7 Å². The molecule has 1 N–H and O–H groups in total. The number of rotatable bonds is 2. The molecule has 112 valence electrons. The van der Waals surface area contributed by atoms with Crippen LogP contribution < -0.4 is 5.32 Å². The van der Waals surface area contributed by atoms with E-state index in [0.29, 0.717) is 0 Å². The third-order valence-electron chi connectivity index (χ3n) is 4.13. The quantitative estimate of drug-likeness (QED) is 0.477. The SMILES string of the molecule is Cc1cccc(Nc2cc(C)nc3c2ccc2ccccc23)c1. The molecule has 0 spiro atoms. The average Bonchev–Trinajstić information content (AvgIpc) is 2.54. The second-order valence-electron chi connectivity index (χ2n) is 5.99. The van der Waals surface area contributed by atoms with Crippen LogP contribution in [0.5, 0.6) is 0 Å². The Morgan fingerprint density at radius 1 is 0.783 bits per heavy atom. The molecule has 0 aliphatic rings. The van der Waals surface area contributed by atoms with Crippen LogP contribution in [0.2, 0.25) is 0 Å². The maximum absolute atomic E-state index is 4.78. The molecule has 4 rings (SSSR count). The molecule has 0 saturated carbocycles. The number of pyridine rings is 1. The van der Waals surface area contributed by atoms with Gasteiger partial charge < -0.3 is 5.32 Å². The van der Waals surface area contributed by atoms with Crippen molar-refractivity contribution >= 4 is 33.1 Å². The molecule has 3 aromatic carbocycles. The van der Waals surface area contributed by atoms with Crippen molar-refractivity contribution in [1.82, 2.24) is 4.98 Å². The number of aromatic nitrogens is 1. The molecule has 0 atom stereocenters. The molecule has 2 nitrogen and oxygen atoms in total. The lowest BCUT2D eigenvalue weighted by Crippen LogP contribution is -1.95. The van der Waals surface area contributed by atoms with Gasteiger partial charge in [-0.2, -0.15) is 0 Å². The van der Waals surface area contributed by atoms with Crippen molar-refractivity contribution < 1.29 is 0 Å². The number of nitrogens with one attached hydrogen (secondary N) is 1. The normalized spacial score (nSPS) is 11.0. The number of hydrogen-bond acceptors (Lipinski definition) is 2. The van der Waals surface area contributed by atoms with Crippen LogP contribution in [-0.4, -0.2) is 4.98 Å². The van der Waals surface area contributed by atoms with Crippen molar-refractivity contribution in [1.29, 1.82) is 0 Å². The van der Waals surface area contributed by atoms with E-state index in [1.54, 1.807) is 0 Å². The second kappa shape index (κ2) is 5.40. The predicted molar refractivity (Wildman–Crippen MR) is 98.4 cm³/mol. The van der Waals surface area contributed by atoms with E-state index >= 15 is 0 Å². The van der Waals surface area contributed by atoms with Gasteiger partial charge in [0, 0.05) is 27.8 Å². The number of aryl methyl sites for hydroxylation is 2. The molecule has 0 fully saturated rings. The summed E-state index contributed by atoms with van der Waals surface area (Å²) in [6, 6.07) is 23.3. The summed E-state index contributed by atoms with van der Waals surface area (Å²) in [5.74, 6) is 0. The second-order valence-corrected chi connectivity index (χ2v) is 5.99. The summed E-state index contributed by atoms with van der Waals surface area (Å²) >= 11 is 0. The van der Waals surface area contributed by atoms with E-state index in [1.807, 2.05) is 6.92 Å². The third kappa shape index (κ3) is 2.53. The van der Waals surface area contributed by atoms with Crippen LogP contribution in [0.1, 0.15) is 11.3 Å². The Kier molecular flexibility index (Phi) is 3.23. The van der Waals surface area contributed by atoms with E-state index in [1.165, 1.54) is 16.3 Å². The first-order chi connectivity index (χ1) is 11.2. The van der Waals surface area contributed by atoms with E-state index in [-0.39, 0.29) is 0 Å². The van der Waals surface area contributed by atoms with Crippen LogP contribution in [0.4, 0.5) is 11.4 Å². The number of nitrogens with zero attached hydrogens (tertiary/aromatic N) is 1. The third-order valence-corrected chi connectivity index (χ3v) is 4.13. The van der Waals surface area contributed by atoms with Crippen LogP contribution >= 0.6 is 0 Å². The minimum atomic E-state index is 1.02. The Morgan fingerprint density at radius 3 is 2.52 bits per heavy atom. The van der Waals surface area contributed by atoms with E-state index in [0.717, 1.165) is 28.0 Å². The number of hydrogen-bond donors (Lipinski definition) is 1. The molecule has 0 radical (unpaired) electrons. The van der Waals surface area contributed by atoms with Crippen molar-refractivity contribution in [2.24, 2.45) is 0 Å². The van der Waals surface area contributed by atoms with Gasteiger partial charge in [0.1, 0.15) is 0 Å². The molecule has 4 aromatic rings. The Bertz CT molecular complexity index is 1020. The summed E-state index contributed by atoms with van der Waals surface area (Å²) in [5, 5.41) is 7.12. The lowest BCUT2D eigenvalue weighted by molar-refractivity contribution is 1.26. The first kappa shape index (κ1) is 13.8. The van der Waals surface area contributed by atoms with Gasteiger partial charge in [-0.25, -0.2) is 0 Å². The molecular formula is C21H18N2. The van der Waals surface area contributed by atoms with Gasteiger partial charge in [0.2, 0.25) is 0 Å². The molecule has 1 heterocycles. The highest BCUT2D eigenvalue weighted by atomic mass is 14.9. The fourth-order valence-corrected chi connectivity index (χ4v) is 3.07. The highest BCUT2D eigenvalue weighted by molar-refractivity contribution is 6.09. The smallest absolute Gasteiger partial charge is 0.0804 e. The molecule has 0 bridgehead atoms. The average molecular weight is 298 g/mol. The topological polar surface area (TPSA) is 24.9 Å². The molecule has 23 heavy (non-hydrogen) atoms. The molecule has 0 unspecified atom stereocenters. The minimum Gasteiger partial charge on any atom is -0.355 e. The summed E-state index contributed by atoms with van der Waals surface area (Å²) in [7, 11) is 0. The maximum Gasteiger partial charge on any atom is 0.0804 e. The van der Waals surface area contributed by atoms with Gasteiger partial charge in [-0.1, -0.05) is 48.5 Å². The zero-order valence-corrected chi connectivity index (χ0v) is 13.3. The fourth-order valence-electron chi connectivity index (χ4n) is 3.07. The molecule has 0 saturated heterocycles. The van der Waals surface area contributed by atoms with Crippen molar-refractivity contribution in [3.63, 3.8) is 0 Å². The lowest BCUT2D eigenvalue weighted by Gasteiger charge is -2.13. The van der Waals surface area contributed by atoms with Gasteiger partial charge in [-0.3, -0.25) is 4.98 Å². The van der Waals surface area contributed by atoms with Crippen molar-refractivity contribution in [3.8, 4) is 0 Å². The Morgan fingerprint density at radius 2 is 1.65 bits per heavy atom. The van der Waals surface area contributed by atoms with Crippen LogP contribution in [0, 0.1) is 13.8 Å². The molecule has 0 amide bonds. The number of benzene rings is 3. The zero-order chi connectivity index (χ0) is 15.8. The minimum absolute atomic E-state index is 1.02. The molecule has 0 aliphatic heterocycles. The standard InChI is InChI=1S/C21H18N2/c1-14-6-5-8-17(12-14)23-20-13-15(2)22-21-18-9-4-3-7-16(18)10-11-19(20)21/h3-13H,1-2H3,(H,22,23). The Labute approximate surface area is 135 Å². The van der Waals surface area contributed by atoms with Crippen molar-refractivity contribution in [2.75, 3.05) is 5.32 Å². The van der Waals surface area contributed by atoms with E-state index in [2.05, 4.69) is 79.0 Å². The van der Waals surface area contributed by atoms with Gasteiger partial charge in [0.05, 0.1) is 5.52 Å². The van der Waals surface area contributed by atoms with E-state index in [9.17, 15) is 0 Å². The van der Waals surface area contributed by atoms with Crippen molar-refractivity contribution in [2.45, 2.75) is 13.8 Å². The number of fused-ring (bicyclic) bond motifs is 3. The highest BCUT2D eigenvalue weighted by Crippen LogP contribution is 2.31. The maximum atomic E-state index is 4.78. The molecule has 0 aliphatic carbocycles. The molecule has 1 aromatic heterocycles. The van der Waals surface area contributed by atoms with Crippen LogP contribution in [-0.2, 0) is 0 Å². The molecule has 2 heteroatoms. The summed E-state index contributed by atoms with van der Waals surface area (Å²) in [6.07, 6.45) is 0. The number of anilines is 2.